The number of halogens is 3. The average molecular weight is 509 g/mol. The number of hydrogen-bond donors (Lipinski definition) is 2. The summed E-state index contributed by atoms with van der Waals surface area (Å²) in [5.41, 5.74) is 0.647. The molecule has 2 N–H and O–H groups in total. The molecule has 0 aliphatic rings. The van der Waals surface area contributed by atoms with Crippen molar-refractivity contribution >= 4 is 33.3 Å². The number of carboxylic acid groups (broad SMARTS) is 1. The molecule has 0 aliphatic carbocycles. The summed E-state index contributed by atoms with van der Waals surface area (Å²) in [6.07, 6.45) is 0. The molecule has 34 heavy (non-hydrogen) atoms. The van der Waals surface area contributed by atoms with Crippen LogP contribution in [0.4, 0.5) is 14.5 Å². The lowest BCUT2D eigenvalue weighted by molar-refractivity contribution is -0.139. The highest BCUT2D eigenvalue weighted by Gasteiger charge is 2.33. The van der Waals surface area contributed by atoms with E-state index >= 15 is 0 Å². The van der Waals surface area contributed by atoms with E-state index in [1.165, 1.54) is 31.2 Å². The highest BCUT2D eigenvalue weighted by molar-refractivity contribution is 7.92. The summed E-state index contributed by atoms with van der Waals surface area (Å²) < 4.78 is 57.2. The highest BCUT2D eigenvalue weighted by atomic mass is 35.5. The largest absolute Gasteiger partial charge is 0.480 e. The molecule has 0 saturated heterocycles. The monoisotopic (exact) mass is 508 g/mol. The van der Waals surface area contributed by atoms with Gasteiger partial charge in [0.15, 0.2) is 0 Å². The van der Waals surface area contributed by atoms with Crippen molar-refractivity contribution in [2.45, 2.75) is 37.4 Å². The van der Waals surface area contributed by atoms with Gasteiger partial charge in [-0.15, -0.1) is 0 Å². The number of carboxylic acids is 1. The molecule has 3 aromatic carbocycles. The maximum Gasteiger partial charge on any atom is 0.320 e. The number of rotatable bonds is 9. The molecule has 3 aromatic rings. The molecule has 2 atom stereocenters. The van der Waals surface area contributed by atoms with Crippen LogP contribution in [0.25, 0.3) is 0 Å². The van der Waals surface area contributed by atoms with Crippen molar-refractivity contribution < 1.29 is 27.1 Å². The number of hydrogen-bond acceptors (Lipinski definition) is 4. The molecular weight excluding hydrogens is 486 g/mol. The van der Waals surface area contributed by atoms with Crippen LogP contribution in [0.1, 0.15) is 31.0 Å². The van der Waals surface area contributed by atoms with E-state index in [2.05, 4.69) is 5.32 Å². The van der Waals surface area contributed by atoms with Gasteiger partial charge in [0, 0.05) is 17.6 Å². The quantitative estimate of drug-likeness (QED) is 0.418. The van der Waals surface area contributed by atoms with Gasteiger partial charge in [0.1, 0.15) is 17.7 Å². The van der Waals surface area contributed by atoms with Gasteiger partial charge in [0.25, 0.3) is 10.0 Å². The van der Waals surface area contributed by atoms with E-state index in [0.29, 0.717) is 16.1 Å². The molecular formula is C24H23ClF2N2O4S. The molecule has 0 aliphatic heterocycles. The molecule has 0 radical (unpaired) electrons. The van der Waals surface area contributed by atoms with Crippen LogP contribution in [0.15, 0.2) is 71.6 Å². The lowest BCUT2D eigenvalue weighted by Crippen LogP contribution is -2.36. The highest BCUT2D eigenvalue weighted by Crippen LogP contribution is 2.36. The first-order valence-corrected chi connectivity index (χ1v) is 12.1. The Kier molecular flexibility index (Phi) is 7.91. The third kappa shape index (κ3) is 5.55. The van der Waals surface area contributed by atoms with Crippen LogP contribution < -0.4 is 9.62 Å². The zero-order chi connectivity index (χ0) is 25.0. The summed E-state index contributed by atoms with van der Waals surface area (Å²) in [6, 6.07) is 12.9. The van der Waals surface area contributed by atoms with E-state index in [-0.39, 0.29) is 11.4 Å². The second-order valence-corrected chi connectivity index (χ2v) is 9.92. The minimum Gasteiger partial charge on any atom is -0.480 e. The average Bonchev–Trinajstić information content (AvgIpc) is 2.80. The van der Waals surface area contributed by atoms with E-state index in [9.17, 15) is 22.0 Å². The number of nitrogens with zero attached hydrogens (tertiary/aromatic N) is 1. The lowest BCUT2D eigenvalue weighted by Gasteiger charge is -2.32. The normalized spacial score (nSPS) is 13.3. The SMILES string of the molecule is C[C@H](NCc1ccccc1[C@@H](C)N(c1cc(F)ccc1F)S(=O)(=O)c1ccc(Cl)cc1)C(=O)O. The number of benzene rings is 3. The second-order valence-electron chi connectivity index (χ2n) is 7.67. The van der Waals surface area contributed by atoms with Crippen LogP contribution in [0.3, 0.4) is 0 Å². The molecule has 0 unspecified atom stereocenters. The van der Waals surface area contributed by atoms with E-state index < -0.39 is 45.4 Å². The maximum absolute atomic E-state index is 14.9. The molecule has 0 aromatic heterocycles. The third-order valence-corrected chi connectivity index (χ3v) is 7.49. The summed E-state index contributed by atoms with van der Waals surface area (Å²) in [4.78, 5) is 11.0. The number of sulfonamides is 1. The summed E-state index contributed by atoms with van der Waals surface area (Å²) in [5, 5.41) is 12.3. The molecule has 0 spiro atoms. The van der Waals surface area contributed by atoms with Gasteiger partial charge in [0.2, 0.25) is 0 Å². The van der Waals surface area contributed by atoms with Crippen LogP contribution in [-0.4, -0.2) is 25.5 Å². The summed E-state index contributed by atoms with van der Waals surface area (Å²) in [7, 11) is -4.37. The van der Waals surface area contributed by atoms with Crippen LogP contribution in [0.5, 0.6) is 0 Å². The van der Waals surface area contributed by atoms with Crippen molar-refractivity contribution in [2.75, 3.05) is 4.31 Å². The van der Waals surface area contributed by atoms with Crippen LogP contribution >= 0.6 is 11.6 Å². The predicted octanol–water partition coefficient (Wildman–Crippen LogP) is 5.14. The Labute approximate surface area is 201 Å². The van der Waals surface area contributed by atoms with Crippen LogP contribution in [0, 0.1) is 11.6 Å². The molecule has 180 valence electrons. The van der Waals surface area contributed by atoms with E-state index in [4.69, 9.17) is 16.7 Å². The van der Waals surface area contributed by atoms with Crippen molar-refractivity contribution in [3.63, 3.8) is 0 Å². The number of carbonyl (C=O) groups is 1. The number of aliphatic carboxylic acids is 1. The first kappa shape index (κ1) is 25.6. The predicted molar refractivity (Wildman–Crippen MR) is 126 cm³/mol. The Morgan fingerprint density at radius 3 is 2.35 bits per heavy atom. The van der Waals surface area contributed by atoms with Crippen LogP contribution in [0.2, 0.25) is 5.02 Å². The summed E-state index contributed by atoms with van der Waals surface area (Å²) in [5.74, 6) is -2.76. The standard InChI is InChI=1S/C24H23ClF2N2O4S/c1-15(24(30)31)28-14-17-5-3-4-6-21(17)16(2)29(23-13-19(26)9-12-22(23)27)34(32,33)20-10-7-18(25)8-11-20/h3-13,15-16,28H,14H2,1-2H3,(H,30,31)/t15-,16+/m0/s1. The van der Waals surface area contributed by atoms with Gasteiger partial charge in [-0.1, -0.05) is 35.9 Å². The fraction of sp³-hybridized carbons (Fsp3) is 0.208. The molecule has 0 fully saturated rings. The molecule has 0 amide bonds. The zero-order valence-electron chi connectivity index (χ0n) is 18.4. The Morgan fingerprint density at radius 1 is 1.06 bits per heavy atom. The van der Waals surface area contributed by atoms with Crippen molar-refractivity contribution in [3.05, 3.63) is 94.5 Å². The van der Waals surface area contributed by atoms with Gasteiger partial charge in [0.05, 0.1) is 16.6 Å². The van der Waals surface area contributed by atoms with Crippen molar-refractivity contribution in [3.8, 4) is 0 Å². The minimum absolute atomic E-state index is 0.119. The first-order valence-electron chi connectivity index (χ1n) is 10.3. The van der Waals surface area contributed by atoms with Gasteiger partial charge in [-0.3, -0.25) is 9.10 Å². The molecule has 6 nitrogen and oxygen atoms in total. The minimum atomic E-state index is -4.37. The van der Waals surface area contributed by atoms with Gasteiger partial charge >= 0.3 is 5.97 Å². The molecule has 0 heterocycles. The fourth-order valence-corrected chi connectivity index (χ4v) is 5.26. The molecule has 3 rings (SSSR count). The van der Waals surface area contributed by atoms with E-state index in [1.807, 2.05) is 0 Å². The van der Waals surface area contributed by atoms with Gasteiger partial charge in [-0.2, -0.15) is 0 Å². The Morgan fingerprint density at radius 2 is 1.71 bits per heavy atom. The summed E-state index contributed by atoms with van der Waals surface area (Å²) in [6.45, 7) is 3.15. The Balaban J connectivity index is 2.14. The fourth-order valence-electron chi connectivity index (χ4n) is 3.50. The zero-order valence-corrected chi connectivity index (χ0v) is 19.9. The Bertz CT molecular complexity index is 1290. The second kappa shape index (κ2) is 10.5. The first-order chi connectivity index (χ1) is 16.0. The van der Waals surface area contributed by atoms with E-state index in [0.717, 1.165) is 22.5 Å². The molecule has 0 bridgehead atoms. The van der Waals surface area contributed by atoms with Crippen molar-refractivity contribution in [2.24, 2.45) is 0 Å². The van der Waals surface area contributed by atoms with Crippen molar-refractivity contribution in [1.82, 2.24) is 5.32 Å². The number of nitrogens with one attached hydrogen (secondary N) is 1. The number of anilines is 1. The molecule has 0 saturated carbocycles. The summed E-state index contributed by atoms with van der Waals surface area (Å²) >= 11 is 5.90. The van der Waals surface area contributed by atoms with Crippen molar-refractivity contribution in [1.29, 1.82) is 0 Å². The topological polar surface area (TPSA) is 86.7 Å². The Hall–Kier alpha value is -3.01. The maximum atomic E-state index is 14.9. The smallest absolute Gasteiger partial charge is 0.320 e. The van der Waals surface area contributed by atoms with Gasteiger partial charge in [-0.05, 0) is 61.4 Å². The van der Waals surface area contributed by atoms with Crippen LogP contribution in [-0.2, 0) is 21.4 Å². The third-order valence-electron chi connectivity index (χ3n) is 5.34. The molecule has 10 heteroatoms. The van der Waals surface area contributed by atoms with Gasteiger partial charge in [-0.25, -0.2) is 17.2 Å². The van der Waals surface area contributed by atoms with Gasteiger partial charge < -0.3 is 10.4 Å². The van der Waals surface area contributed by atoms with E-state index in [1.54, 1.807) is 31.2 Å². The lowest BCUT2D eigenvalue weighted by atomic mass is 10.0.